The van der Waals surface area contributed by atoms with Crippen molar-refractivity contribution in [2.45, 2.75) is 6.54 Å². The summed E-state index contributed by atoms with van der Waals surface area (Å²) in [6.07, 6.45) is 3.10. The van der Waals surface area contributed by atoms with Gasteiger partial charge in [-0.15, -0.1) is 5.10 Å². The summed E-state index contributed by atoms with van der Waals surface area (Å²) in [5, 5.41) is 18.6. The van der Waals surface area contributed by atoms with Crippen LogP contribution in [0.4, 0.5) is 5.69 Å². The second-order valence-electron chi connectivity index (χ2n) is 5.31. The first-order valence-electron chi connectivity index (χ1n) is 7.37. The van der Waals surface area contributed by atoms with Crippen molar-refractivity contribution < 1.29 is 9.72 Å². The maximum Gasteiger partial charge on any atom is 0.276 e. The molecule has 0 unspecified atom stereocenters. The molecule has 0 saturated carbocycles. The largest absolute Gasteiger partial charge is 0.334 e. The number of pyridine rings is 1. The summed E-state index contributed by atoms with van der Waals surface area (Å²) in [5.41, 5.74) is 1.29. The molecule has 1 aromatic carbocycles. The lowest BCUT2D eigenvalue weighted by molar-refractivity contribution is -0.384. The first-order chi connectivity index (χ1) is 12.0. The van der Waals surface area contributed by atoms with Crippen LogP contribution in [0.1, 0.15) is 16.2 Å². The molecule has 0 spiro atoms. The van der Waals surface area contributed by atoms with Crippen molar-refractivity contribution in [3.63, 3.8) is 0 Å². The van der Waals surface area contributed by atoms with E-state index in [1.54, 1.807) is 31.4 Å². The lowest BCUT2D eigenvalue weighted by Gasteiger charge is -2.14. The third-order valence-electron chi connectivity index (χ3n) is 3.49. The molecule has 0 saturated heterocycles. The van der Waals surface area contributed by atoms with Gasteiger partial charge in [0, 0.05) is 25.4 Å². The Morgan fingerprint density at radius 3 is 2.84 bits per heavy atom. The second kappa shape index (κ2) is 6.87. The Kier molecular flexibility index (Phi) is 4.46. The molecule has 2 heterocycles. The van der Waals surface area contributed by atoms with Gasteiger partial charge in [0.2, 0.25) is 0 Å². The van der Waals surface area contributed by atoms with Crippen LogP contribution < -0.4 is 0 Å². The van der Waals surface area contributed by atoms with Gasteiger partial charge in [0.15, 0.2) is 5.69 Å². The number of aromatic nitrogens is 4. The van der Waals surface area contributed by atoms with Crippen molar-refractivity contribution >= 4 is 11.6 Å². The van der Waals surface area contributed by atoms with Gasteiger partial charge in [0.05, 0.1) is 29.0 Å². The average Bonchev–Trinajstić information content (AvgIpc) is 3.12. The Morgan fingerprint density at radius 2 is 2.12 bits per heavy atom. The quantitative estimate of drug-likeness (QED) is 0.519. The molecule has 126 valence electrons. The molecule has 2 aromatic heterocycles. The van der Waals surface area contributed by atoms with E-state index >= 15 is 0 Å². The fourth-order valence-electron chi connectivity index (χ4n) is 2.24. The Bertz CT molecular complexity index is 909. The van der Waals surface area contributed by atoms with E-state index in [0.29, 0.717) is 12.2 Å². The molecule has 3 rings (SSSR count). The number of nitrogens with zero attached hydrogens (tertiary/aromatic N) is 6. The Hall–Kier alpha value is -3.62. The monoisotopic (exact) mass is 338 g/mol. The molecule has 9 heteroatoms. The molecule has 0 aliphatic rings. The first kappa shape index (κ1) is 16.2. The number of non-ortho nitro benzene ring substituents is 1. The maximum absolute atomic E-state index is 12.4. The molecule has 25 heavy (non-hydrogen) atoms. The number of nitro benzene ring substituents is 1. The van der Waals surface area contributed by atoms with Crippen LogP contribution in [0.15, 0.2) is 54.9 Å². The van der Waals surface area contributed by atoms with Crippen LogP contribution in [-0.2, 0) is 6.54 Å². The van der Waals surface area contributed by atoms with Crippen LogP contribution in [0.5, 0.6) is 0 Å². The van der Waals surface area contributed by atoms with Gasteiger partial charge in [-0.3, -0.25) is 19.9 Å². The molecule has 9 nitrogen and oxygen atoms in total. The summed E-state index contributed by atoms with van der Waals surface area (Å²) in [6.45, 7) is 0.337. The predicted molar refractivity (Wildman–Crippen MR) is 88.0 cm³/mol. The fraction of sp³-hybridized carbons (Fsp3) is 0.125. The van der Waals surface area contributed by atoms with Crippen molar-refractivity contribution in [2.75, 3.05) is 7.05 Å². The van der Waals surface area contributed by atoms with Crippen molar-refractivity contribution in [1.82, 2.24) is 24.9 Å². The third-order valence-corrected chi connectivity index (χ3v) is 3.49. The molecule has 0 aliphatic carbocycles. The SMILES string of the molecule is CN(Cc1ccccn1)C(=O)c1cn(-c2cccc([N+](=O)[O-])c2)nn1. The number of benzene rings is 1. The molecule has 0 N–H and O–H groups in total. The summed E-state index contributed by atoms with van der Waals surface area (Å²) in [6, 6.07) is 11.4. The standard InChI is InChI=1S/C16H14N6O3/c1-20(10-12-5-2-3-8-17-12)16(23)15-11-21(19-18-15)13-6-4-7-14(9-13)22(24)25/h2-9,11H,10H2,1H3. The van der Waals surface area contributed by atoms with E-state index in [4.69, 9.17) is 0 Å². The van der Waals surface area contributed by atoms with Crippen molar-refractivity contribution in [2.24, 2.45) is 0 Å². The van der Waals surface area contributed by atoms with E-state index in [0.717, 1.165) is 5.69 Å². The van der Waals surface area contributed by atoms with Gasteiger partial charge in [-0.05, 0) is 18.2 Å². The zero-order valence-electron chi connectivity index (χ0n) is 13.3. The zero-order valence-corrected chi connectivity index (χ0v) is 13.3. The lowest BCUT2D eigenvalue weighted by atomic mass is 10.3. The number of carbonyl (C=O) groups excluding carboxylic acids is 1. The van der Waals surface area contributed by atoms with Gasteiger partial charge in [-0.25, -0.2) is 4.68 Å². The summed E-state index contributed by atoms with van der Waals surface area (Å²) >= 11 is 0. The molecule has 0 fully saturated rings. The summed E-state index contributed by atoms with van der Waals surface area (Å²) in [7, 11) is 1.64. The van der Waals surface area contributed by atoms with E-state index in [1.165, 1.54) is 27.9 Å². The van der Waals surface area contributed by atoms with Crippen LogP contribution >= 0.6 is 0 Å². The highest BCUT2D eigenvalue weighted by Crippen LogP contribution is 2.16. The highest BCUT2D eigenvalue weighted by molar-refractivity contribution is 5.91. The maximum atomic E-state index is 12.4. The van der Waals surface area contributed by atoms with Crippen molar-refractivity contribution in [1.29, 1.82) is 0 Å². The van der Waals surface area contributed by atoms with Crippen molar-refractivity contribution in [3.8, 4) is 5.69 Å². The van der Waals surface area contributed by atoms with Gasteiger partial charge in [-0.2, -0.15) is 0 Å². The van der Waals surface area contributed by atoms with Crippen LogP contribution in [0.25, 0.3) is 5.69 Å². The number of hydrogen-bond donors (Lipinski definition) is 0. The molecule has 1 amide bonds. The molecule has 0 radical (unpaired) electrons. The molecular weight excluding hydrogens is 324 g/mol. The van der Waals surface area contributed by atoms with E-state index in [9.17, 15) is 14.9 Å². The molecule has 0 atom stereocenters. The summed E-state index contributed by atoms with van der Waals surface area (Å²) in [4.78, 5) is 28.5. The number of carbonyl (C=O) groups is 1. The number of nitro groups is 1. The van der Waals surface area contributed by atoms with E-state index in [1.807, 2.05) is 12.1 Å². The van der Waals surface area contributed by atoms with Crippen LogP contribution in [0.3, 0.4) is 0 Å². The van der Waals surface area contributed by atoms with Gasteiger partial charge < -0.3 is 4.90 Å². The fourth-order valence-corrected chi connectivity index (χ4v) is 2.24. The van der Waals surface area contributed by atoms with Gasteiger partial charge in [0.25, 0.3) is 11.6 Å². The van der Waals surface area contributed by atoms with E-state index < -0.39 is 4.92 Å². The van der Waals surface area contributed by atoms with E-state index in [-0.39, 0.29) is 17.3 Å². The zero-order chi connectivity index (χ0) is 17.8. The average molecular weight is 338 g/mol. The lowest BCUT2D eigenvalue weighted by Crippen LogP contribution is -2.26. The Balaban J connectivity index is 1.77. The number of rotatable bonds is 5. The highest BCUT2D eigenvalue weighted by atomic mass is 16.6. The molecule has 0 bridgehead atoms. The van der Waals surface area contributed by atoms with Gasteiger partial charge in [0.1, 0.15) is 0 Å². The van der Waals surface area contributed by atoms with Crippen LogP contribution in [0.2, 0.25) is 0 Å². The number of amides is 1. The first-order valence-corrected chi connectivity index (χ1v) is 7.37. The Morgan fingerprint density at radius 1 is 1.28 bits per heavy atom. The smallest absolute Gasteiger partial charge is 0.276 e. The van der Waals surface area contributed by atoms with Gasteiger partial charge in [-0.1, -0.05) is 17.3 Å². The van der Waals surface area contributed by atoms with Crippen LogP contribution in [-0.4, -0.2) is 42.8 Å². The predicted octanol–water partition coefficient (Wildman–Crippen LogP) is 1.84. The minimum absolute atomic E-state index is 0.0619. The minimum atomic E-state index is -0.493. The highest BCUT2D eigenvalue weighted by Gasteiger charge is 2.17. The Labute approximate surface area is 142 Å². The van der Waals surface area contributed by atoms with Gasteiger partial charge >= 0.3 is 0 Å². The molecular formula is C16H14N6O3. The van der Waals surface area contributed by atoms with Crippen LogP contribution in [0, 0.1) is 10.1 Å². The second-order valence-corrected chi connectivity index (χ2v) is 5.31. The molecule has 0 aliphatic heterocycles. The normalized spacial score (nSPS) is 10.4. The summed E-state index contributed by atoms with van der Waals surface area (Å²) in [5.74, 6) is -0.317. The topological polar surface area (TPSA) is 107 Å². The minimum Gasteiger partial charge on any atom is -0.334 e. The van der Waals surface area contributed by atoms with E-state index in [2.05, 4.69) is 15.3 Å². The summed E-state index contributed by atoms with van der Waals surface area (Å²) < 4.78 is 1.33. The number of hydrogen-bond acceptors (Lipinski definition) is 6. The van der Waals surface area contributed by atoms with Crippen molar-refractivity contribution in [3.05, 3.63) is 76.4 Å². The third kappa shape index (κ3) is 3.66. The molecule has 3 aromatic rings.